The molecule has 0 saturated heterocycles. The van der Waals surface area contributed by atoms with Crippen LogP contribution in [0.4, 0.5) is 15.9 Å². The lowest BCUT2D eigenvalue weighted by Gasteiger charge is -2.16. The van der Waals surface area contributed by atoms with Gasteiger partial charge in [0.1, 0.15) is 11.6 Å². The van der Waals surface area contributed by atoms with Gasteiger partial charge in [-0.05, 0) is 67.9 Å². The fraction of sp³-hybridized carbons (Fsp3) is 0.174. The van der Waals surface area contributed by atoms with Crippen molar-refractivity contribution in [3.05, 3.63) is 89.4 Å². The highest BCUT2D eigenvalue weighted by molar-refractivity contribution is 6.04. The molecular formula is C23H22FN3O3. The smallest absolute Gasteiger partial charge is 0.339 e. The van der Waals surface area contributed by atoms with E-state index in [0.29, 0.717) is 29.2 Å². The number of nitrogens with zero attached hydrogens (tertiary/aromatic N) is 1. The number of aromatic nitrogens is 1. The minimum absolute atomic E-state index is 0.0483. The van der Waals surface area contributed by atoms with Crippen LogP contribution in [0.1, 0.15) is 46.2 Å². The van der Waals surface area contributed by atoms with Gasteiger partial charge in [0.05, 0.1) is 12.2 Å². The lowest BCUT2D eigenvalue weighted by atomic mass is 10.1. The Kier molecular flexibility index (Phi) is 6.75. The lowest BCUT2D eigenvalue weighted by molar-refractivity contribution is 0.0526. The molecule has 0 aliphatic carbocycles. The second-order valence-corrected chi connectivity index (χ2v) is 6.60. The molecule has 0 aliphatic heterocycles. The number of amides is 1. The van der Waals surface area contributed by atoms with Crippen molar-refractivity contribution >= 4 is 23.4 Å². The van der Waals surface area contributed by atoms with Crippen LogP contribution in [0.15, 0.2) is 66.9 Å². The molecule has 0 aliphatic rings. The Morgan fingerprint density at radius 2 is 1.67 bits per heavy atom. The second kappa shape index (κ2) is 9.65. The average Bonchev–Trinajstić information content (AvgIpc) is 2.75. The molecule has 0 saturated carbocycles. The molecule has 3 aromatic rings. The third-order valence-electron chi connectivity index (χ3n) is 4.41. The standard InChI is InChI=1S/C23H22FN3O3/c1-3-30-23(29)18-8-13-21(25-14-18)26-15(2)16-6-11-20(12-7-16)27-22(28)17-4-9-19(24)10-5-17/h4-15H,3H2,1-2H3,(H,25,26)(H,27,28). The van der Waals surface area contributed by atoms with Crippen LogP contribution < -0.4 is 10.6 Å². The maximum atomic E-state index is 13.0. The normalized spacial score (nSPS) is 11.4. The van der Waals surface area contributed by atoms with Crippen LogP contribution in [-0.4, -0.2) is 23.5 Å². The Morgan fingerprint density at radius 3 is 2.27 bits per heavy atom. The number of halogens is 1. The van der Waals surface area contributed by atoms with E-state index in [1.165, 1.54) is 30.5 Å². The van der Waals surface area contributed by atoms with E-state index >= 15 is 0 Å². The third kappa shape index (κ3) is 5.41. The van der Waals surface area contributed by atoms with E-state index in [-0.39, 0.29) is 17.8 Å². The van der Waals surface area contributed by atoms with Crippen molar-refractivity contribution in [2.24, 2.45) is 0 Å². The molecule has 1 heterocycles. The van der Waals surface area contributed by atoms with E-state index in [1.807, 2.05) is 19.1 Å². The number of ether oxygens (including phenoxy) is 1. The molecule has 7 heteroatoms. The summed E-state index contributed by atoms with van der Waals surface area (Å²) in [6.45, 7) is 4.05. The molecule has 2 aromatic carbocycles. The summed E-state index contributed by atoms with van der Waals surface area (Å²) in [4.78, 5) is 28.1. The fourth-order valence-corrected chi connectivity index (χ4v) is 2.78. The topological polar surface area (TPSA) is 80.3 Å². The molecule has 1 aromatic heterocycles. The van der Waals surface area contributed by atoms with E-state index in [1.54, 1.807) is 31.2 Å². The predicted molar refractivity (Wildman–Crippen MR) is 113 cm³/mol. The molecule has 1 unspecified atom stereocenters. The maximum Gasteiger partial charge on any atom is 0.339 e. The predicted octanol–water partition coefficient (Wildman–Crippen LogP) is 4.82. The van der Waals surface area contributed by atoms with Gasteiger partial charge >= 0.3 is 5.97 Å². The van der Waals surface area contributed by atoms with Crippen LogP contribution in [0.3, 0.4) is 0 Å². The van der Waals surface area contributed by atoms with Gasteiger partial charge in [-0.1, -0.05) is 12.1 Å². The first-order valence-corrected chi connectivity index (χ1v) is 9.53. The van der Waals surface area contributed by atoms with Gasteiger partial charge in [0.2, 0.25) is 0 Å². The Bertz CT molecular complexity index is 1000. The van der Waals surface area contributed by atoms with Gasteiger partial charge in [-0.3, -0.25) is 4.79 Å². The van der Waals surface area contributed by atoms with Gasteiger partial charge < -0.3 is 15.4 Å². The van der Waals surface area contributed by atoms with E-state index in [4.69, 9.17) is 4.74 Å². The maximum absolute atomic E-state index is 13.0. The second-order valence-electron chi connectivity index (χ2n) is 6.60. The Morgan fingerprint density at radius 1 is 1.00 bits per heavy atom. The van der Waals surface area contributed by atoms with Gasteiger partial charge in [-0.25, -0.2) is 14.2 Å². The van der Waals surface area contributed by atoms with Crippen LogP contribution in [0, 0.1) is 5.82 Å². The molecule has 1 atom stereocenters. The lowest BCUT2D eigenvalue weighted by Crippen LogP contribution is -2.12. The summed E-state index contributed by atoms with van der Waals surface area (Å²) < 4.78 is 17.9. The average molecular weight is 407 g/mol. The number of esters is 1. The van der Waals surface area contributed by atoms with Gasteiger partial charge in [0.25, 0.3) is 5.91 Å². The highest BCUT2D eigenvalue weighted by Crippen LogP contribution is 2.20. The number of anilines is 2. The van der Waals surface area contributed by atoms with Crippen molar-refractivity contribution in [3.8, 4) is 0 Å². The molecule has 6 nitrogen and oxygen atoms in total. The largest absolute Gasteiger partial charge is 0.462 e. The Hall–Kier alpha value is -3.74. The summed E-state index contributed by atoms with van der Waals surface area (Å²) in [5.74, 6) is -0.464. The number of nitrogens with one attached hydrogen (secondary N) is 2. The molecule has 30 heavy (non-hydrogen) atoms. The Balaban J connectivity index is 1.59. The number of carbonyl (C=O) groups is 2. The SMILES string of the molecule is CCOC(=O)c1ccc(NC(C)c2ccc(NC(=O)c3ccc(F)cc3)cc2)nc1. The number of carbonyl (C=O) groups excluding carboxylic acids is 2. The first-order valence-electron chi connectivity index (χ1n) is 9.53. The molecule has 0 radical (unpaired) electrons. The van der Waals surface area contributed by atoms with E-state index < -0.39 is 5.97 Å². The minimum atomic E-state index is -0.400. The Labute approximate surface area is 174 Å². The molecule has 0 spiro atoms. The first-order chi connectivity index (χ1) is 14.5. The quantitative estimate of drug-likeness (QED) is 0.549. The van der Waals surface area contributed by atoms with Crippen molar-refractivity contribution < 1.29 is 18.7 Å². The number of rotatable bonds is 7. The van der Waals surface area contributed by atoms with Crippen molar-refractivity contribution in [1.82, 2.24) is 4.98 Å². The summed E-state index contributed by atoms with van der Waals surface area (Å²) in [6.07, 6.45) is 1.47. The summed E-state index contributed by atoms with van der Waals surface area (Å²) >= 11 is 0. The zero-order chi connectivity index (χ0) is 21.5. The monoisotopic (exact) mass is 407 g/mol. The first kappa shape index (κ1) is 21.0. The molecular weight excluding hydrogens is 385 g/mol. The summed E-state index contributed by atoms with van der Waals surface area (Å²) in [6, 6.07) is 16.1. The highest BCUT2D eigenvalue weighted by atomic mass is 19.1. The van der Waals surface area contributed by atoms with E-state index in [0.717, 1.165) is 5.56 Å². The van der Waals surface area contributed by atoms with Gasteiger partial charge in [0, 0.05) is 23.5 Å². The minimum Gasteiger partial charge on any atom is -0.462 e. The highest BCUT2D eigenvalue weighted by Gasteiger charge is 2.10. The van der Waals surface area contributed by atoms with E-state index in [9.17, 15) is 14.0 Å². The van der Waals surface area contributed by atoms with Crippen molar-refractivity contribution in [2.75, 3.05) is 17.2 Å². The van der Waals surface area contributed by atoms with Gasteiger partial charge in [-0.15, -0.1) is 0 Å². The fourth-order valence-electron chi connectivity index (χ4n) is 2.78. The molecule has 2 N–H and O–H groups in total. The third-order valence-corrected chi connectivity index (χ3v) is 4.41. The summed E-state index contributed by atoms with van der Waals surface area (Å²) in [5, 5.41) is 6.04. The summed E-state index contributed by atoms with van der Waals surface area (Å²) in [7, 11) is 0. The van der Waals surface area contributed by atoms with Crippen LogP contribution in [0.25, 0.3) is 0 Å². The van der Waals surface area contributed by atoms with Crippen molar-refractivity contribution in [1.29, 1.82) is 0 Å². The zero-order valence-electron chi connectivity index (χ0n) is 16.7. The molecule has 154 valence electrons. The van der Waals surface area contributed by atoms with E-state index in [2.05, 4.69) is 15.6 Å². The van der Waals surface area contributed by atoms with Crippen LogP contribution in [-0.2, 0) is 4.74 Å². The number of hydrogen-bond acceptors (Lipinski definition) is 5. The van der Waals surface area contributed by atoms with Gasteiger partial charge in [0.15, 0.2) is 0 Å². The zero-order valence-corrected chi connectivity index (χ0v) is 16.7. The molecule has 1 amide bonds. The van der Waals surface area contributed by atoms with Crippen LogP contribution in [0.5, 0.6) is 0 Å². The van der Waals surface area contributed by atoms with Crippen molar-refractivity contribution in [2.45, 2.75) is 19.9 Å². The molecule has 0 fully saturated rings. The van der Waals surface area contributed by atoms with Crippen LogP contribution in [0.2, 0.25) is 0 Å². The number of pyridine rings is 1. The van der Waals surface area contributed by atoms with Gasteiger partial charge in [-0.2, -0.15) is 0 Å². The number of benzene rings is 2. The molecule has 0 bridgehead atoms. The molecule has 3 rings (SSSR count). The summed E-state index contributed by atoms with van der Waals surface area (Å²) in [5.41, 5.74) is 2.41. The van der Waals surface area contributed by atoms with Crippen LogP contribution >= 0.6 is 0 Å². The number of hydrogen-bond donors (Lipinski definition) is 2. The van der Waals surface area contributed by atoms with Crippen molar-refractivity contribution in [3.63, 3.8) is 0 Å².